The number of para-hydroxylation sites is 1. The normalized spacial score (nSPS) is 19.5. The van der Waals surface area contributed by atoms with Crippen LogP contribution in [-0.2, 0) is 12.6 Å². The standard InChI is InChI=1S/C14H19NO.C9H7F3N2/c1-4-8-15(9-5-1)13-10-12-6-2-3-7-14(12)16-11-13;10-9(11,12)8-4-5-6(13)2-1-3-7(5)14-8/h2-3,6-7,13H,1,4-5,8-11H2;1-4,14H,13H2. The molecule has 1 fully saturated rings. The van der Waals surface area contributed by atoms with Crippen LogP contribution in [0.2, 0.25) is 0 Å². The van der Waals surface area contributed by atoms with Crippen LogP contribution in [0.15, 0.2) is 48.5 Å². The number of aromatic nitrogens is 1. The lowest BCUT2D eigenvalue weighted by Gasteiger charge is -2.37. The summed E-state index contributed by atoms with van der Waals surface area (Å²) in [5.74, 6) is 1.09. The Morgan fingerprint density at radius 3 is 2.50 bits per heavy atom. The molecule has 2 aromatic carbocycles. The van der Waals surface area contributed by atoms with Crippen molar-refractivity contribution in [2.75, 3.05) is 25.4 Å². The molecule has 0 aliphatic carbocycles. The van der Waals surface area contributed by atoms with E-state index >= 15 is 0 Å². The second-order valence-corrected chi connectivity index (χ2v) is 7.86. The molecule has 1 aromatic heterocycles. The van der Waals surface area contributed by atoms with Crippen LogP contribution in [0, 0.1) is 0 Å². The smallest absolute Gasteiger partial charge is 0.431 e. The topological polar surface area (TPSA) is 54.3 Å². The van der Waals surface area contributed by atoms with Crippen LogP contribution in [0.25, 0.3) is 10.9 Å². The summed E-state index contributed by atoms with van der Waals surface area (Å²) in [5, 5.41) is 0.403. The van der Waals surface area contributed by atoms with Crippen molar-refractivity contribution < 1.29 is 17.9 Å². The number of hydrogen-bond acceptors (Lipinski definition) is 3. The largest absolute Gasteiger partial charge is 0.492 e. The van der Waals surface area contributed by atoms with E-state index in [0.717, 1.165) is 24.8 Å². The molecular formula is C23H26F3N3O. The van der Waals surface area contributed by atoms with Gasteiger partial charge in [-0.2, -0.15) is 13.2 Å². The first-order valence-corrected chi connectivity index (χ1v) is 10.3. The van der Waals surface area contributed by atoms with Crippen LogP contribution in [-0.4, -0.2) is 35.6 Å². The van der Waals surface area contributed by atoms with Gasteiger partial charge in [-0.25, -0.2) is 0 Å². The fraction of sp³-hybridized carbons (Fsp3) is 0.391. The SMILES string of the molecule is Nc1cccc2[nH]c(C(F)(F)F)cc12.c1ccc2c(c1)CC(N1CCCCC1)CO2. The summed E-state index contributed by atoms with van der Waals surface area (Å²) in [6.45, 7) is 3.39. The number of nitrogen functional groups attached to an aromatic ring is 1. The van der Waals surface area contributed by atoms with E-state index in [2.05, 4.69) is 34.1 Å². The van der Waals surface area contributed by atoms with Gasteiger partial charge >= 0.3 is 6.18 Å². The molecule has 1 atom stereocenters. The van der Waals surface area contributed by atoms with Crippen LogP contribution in [0.1, 0.15) is 30.5 Å². The van der Waals surface area contributed by atoms with Gasteiger partial charge < -0.3 is 15.5 Å². The number of nitrogens with zero attached hydrogens (tertiary/aromatic N) is 1. The van der Waals surface area contributed by atoms with Crippen LogP contribution in [0.4, 0.5) is 18.9 Å². The predicted octanol–water partition coefficient (Wildman–Crippen LogP) is 5.24. The third-order valence-corrected chi connectivity index (χ3v) is 5.77. The number of benzene rings is 2. The van der Waals surface area contributed by atoms with E-state index in [1.165, 1.54) is 37.9 Å². The molecule has 2 aliphatic heterocycles. The van der Waals surface area contributed by atoms with Gasteiger partial charge in [0.25, 0.3) is 0 Å². The summed E-state index contributed by atoms with van der Waals surface area (Å²) in [6, 6.07) is 14.8. The maximum atomic E-state index is 12.3. The number of anilines is 1. The molecule has 4 nitrogen and oxygen atoms in total. The summed E-state index contributed by atoms with van der Waals surface area (Å²) in [4.78, 5) is 4.88. The monoisotopic (exact) mass is 417 g/mol. The van der Waals surface area contributed by atoms with Crippen molar-refractivity contribution in [3.05, 3.63) is 59.8 Å². The van der Waals surface area contributed by atoms with Gasteiger partial charge in [-0.05, 0) is 62.2 Å². The first-order valence-electron chi connectivity index (χ1n) is 10.3. The molecule has 0 amide bonds. The average molecular weight is 417 g/mol. The third kappa shape index (κ3) is 4.56. The number of fused-ring (bicyclic) bond motifs is 2. The Labute approximate surface area is 173 Å². The Bertz CT molecular complexity index is 993. The second kappa shape index (κ2) is 8.60. The molecule has 5 rings (SSSR count). The zero-order valence-electron chi connectivity index (χ0n) is 16.7. The van der Waals surface area contributed by atoms with Crippen LogP contribution in [0.5, 0.6) is 5.75 Å². The van der Waals surface area contributed by atoms with Crippen molar-refractivity contribution >= 4 is 16.6 Å². The highest BCUT2D eigenvalue weighted by atomic mass is 19.4. The molecule has 1 saturated heterocycles. The average Bonchev–Trinajstić information content (AvgIpc) is 3.21. The molecule has 160 valence electrons. The zero-order chi connectivity index (χ0) is 21.1. The molecule has 0 radical (unpaired) electrons. The first-order chi connectivity index (χ1) is 14.4. The van der Waals surface area contributed by atoms with E-state index in [4.69, 9.17) is 10.5 Å². The van der Waals surface area contributed by atoms with Crippen molar-refractivity contribution in [1.82, 2.24) is 9.88 Å². The minimum Gasteiger partial charge on any atom is -0.492 e. The Kier molecular flexibility index (Phi) is 5.90. The summed E-state index contributed by atoms with van der Waals surface area (Å²) in [6.07, 6.45) is 0.929. The molecule has 30 heavy (non-hydrogen) atoms. The highest BCUT2D eigenvalue weighted by molar-refractivity contribution is 5.91. The molecule has 2 aliphatic rings. The molecule has 3 heterocycles. The van der Waals surface area contributed by atoms with Crippen molar-refractivity contribution in [2.24, 2.45) is 0 Å². The van der Waals surface area contributed by atoms with Gasteiger partial charge in [0.1, 0.15) is 18.1 Å². The number of piperidine rings is 1. The molecule has 7 heteroatoms. The maximum absolute atomic E-state index is 12.3. The Morgan fingerprint density at radius 1 is 1.00 bits per heavy atom. The first kappa shape index (κ1) is 20.6. The third-order valence-electron chi connectivity index (χ3n) is 5.77. The lowest BCUT2D eigenvalue weighted by Crippen LogP contribution is -2.45. The van der Waals surface area contributed by atoms with Gasteiger partial charge in [0.15, 0.2) is 0 Å². The number of ether oxygens (including phenoxy) is 1. The van der Waals surface area contributed by atoms with Crippen LogP contribution >= 0.6 is 0 Å². The molecule has 1 unspecified atom stereocenters. The fourth-order valence-electron chi connectivity index (χ4n) is 4.16. The number of aromatic amines is 1. The summed E-state index contributed by atoms with van der Waals surface area (Å²) < 4.78 is 42.7. The molecule has 0 spiro atoms. The summed E-state index contributed by atoms with van der Waals surface area (Å²) >= 11 is 0. The number of rotatable bonds is 1. The summed E-state index contributed by atoms with van der Waals surface area (Å²) in [5.41, 5.74) is 6.87. The molecule has 0 saturated carbocycles. The lowest BCUT2D eigenvalue weighted by atomic mass is 9.99. The number of nitrogens with two attached hydrogens (primary N) is 1. The number of alkyl halides is 3. The quantitative estimate of drug-likeness (QED) is 0.532. The van der Waals surface area contributed by atoms with Crippen molar-refractivity contribution in [2.45, 2.75) is 37.9 Å². The fourth-order valence-corrected chi connectivity index (χ4v) is 4.16. The van der Waals surface area contributed by atoms with E-state index in [-0.39, 0.29) is 0 Å². The molecule has 3 N–H and O–H groups in total. The van der Waals surface area contributed by atoms with E-state index in [0.29, 0.717) is 22.6 Å². The van der Waals surface area contributed by atoms with E-state index < -0.39 is 11.9 Å². The highest BCUT2D eigenvalue weighted by Crippen LogP contribution is 2.32. The van der Waals surface area contributed by atoms with Crippen molar-refractivity contribution in [3.63, 3.8) is 0 Å². The van der Waals surface area contributed by atoms with E-state index in [1.807, 2.05) is 0 Å². The number of hydrogen-bond donors (Lipinski definition) is 2. The van der Waals surface area contributed by atoms with E-state index in [1.54, 1.807) is 18.2 Å². The predicted molar refractivity (Wildman–Crippen MR) is 113 cm³/mol. The maximum Gasteiger partial charge on any atom is 0.431 e. The Morgan fingerprint density at radius 2 is 1.77 bits per heavy atom. The summed E-state index contributed by atoms with van der Waals surface area (Å²) in [7, 11) is 0. The number of likely N-dealkylation sites (tertiary alicyclic amines) is 1. The Balaban J connectivity index is 0.000000147. The molecule has 3 aromatic rings. The van der Waals surface area contributed by atoms with Crippen LogP contribution in [0.3, 0.4) is 0 Å². The van der Waals surface area contributed by atoms with E-state index in [9.17, 15) is 13.2 Å². The number of H-pyrrole nitrogens is 1. The van der Waals surface area contributed by atoms with Gasteiger partial charge in [0.05, 0.1) is 0 Å². The van der Waals surface area contributed by atoms with Gasteiger partial charge in [0.2, 0.25) is 0 Å². The minimum atomic E-state index is -4.36. The number of nitrogens with one attached hydrogen (secondary N) is 1. The van der Waals surface area contributed by atoms with Gasteiger partial charge in [-0.1, -0.05) is 30.7 Å². The lowest BCUT2D eigenvalue weighted by molar-refractivity contribution is -0.140. The zero-order valence-corrected chi connectivity index (χ0v) is 16.7. The van der Waals surface area contributed by atoms with Gasteiger partial charge in [0, 0.05) is 22.6 Å². The van der Waals surface area contributed by atoms with Crippen molar-refractivity contribution in [3.8, 4) is 5.75 Å². The highest BCUT2D eigenvalue weighted by Gasteiger charge is 2.32. The molecule has 0 bridgehead atoms. The van der Waals surface area contributed by atoms with Gasteiger partial charge in [-0.15, -0.1) is 0 Å². The Hall–Kier alpha value is -2.67. The second-order valence-electron chi connectivity index (χ2n) is 7.86. The molecular weight excluding hydrogens is 391 g/mol. The van der Waals surface area contributed by atoms with Crippen LogP contribution < -0.4 is 10.5 Å². The minimum absolute atomic E-state index is 0.342. The number of halogens is 3. The van der Waals surface area contributed by atoms with Crippen molar-refractivity contribution in [1.29, 1.82) is 0 Å². The van der Waals surface area contributed by atoms with Gasteiger partial charge in [-0.3, -0.25) is 4.90 Å².